The number of nitrogens with zero attached hydrogens (tertiary/aromatic N) is 3. The standard InChI is InChI=1S/C17H19N3O5/c1-10-4-13(25-15(10)17(23)24-3)9-20-14(21)6-12(16(20)22)5-11-7-18-19(2)8-11/h4,7-8,12H,5-6,9H2,1-3H3/t12-/m1/s1. The minimum absolute atomic E-state index is 0.0129. The van der Waals surface area contributed by atoms with E-state index >= 15 is 0 Å². The first-order valence-electron chi connectivity index (χ1n) is 7.88. The lowest BCUT2D eigenvalue weighted by Crippen LogP contribution is -2.30. The van der Waals surface area contributed by atoms with E-state index in [4.69, 9.17) is 4.42 Å². The van der Waals surface area contributed by atoms with Crippen molar-refractivity contribution in [3.05, 3.63) is 41.1 Å². The number of esters is 1. The topological polar surface area (TPSA) is 94.6 Å². The van der Waals surface area contributed by atoms with E-state index in [-0.39, 0.29) is 30.5 Å². The number of furan rings is 1. The summed E-state index contributed by atoms with van der Waals surface area (Å²) in [6, 6.07) is 1.64. The quantitative estimate of drug-likeness (QED) is 0.597. The van der Waals surface area contributed by atoms with Crippen molar-refractivity contribution in [1.29, 1.82) is 0 Å². The smallest absolute Gasteiger partial charge is 0.374 e. The molecule has 0 bridgehead atoms. The monoisotopic (exact) mass is 345 g/mol. The van der Waals surface area contributed by atoms with Gasteiger partial charge in [-0.3, -0.25) is 19.2 Å². The predicted molar refractivity (Wildman–Crippen MR) is 85.4 cm³/mol. The van der Waals surface area contributed by atoms with Crippen LogP contribution in [0.15, 0.2) is 22.9 Å². The second kappa shape index (κ2) is 6.54. The van der Waals surface area contributed by atoms with E-state index < -0.39 is 11.9 Å². The Balaban J connectivity index is 1.71. The van der Waals surface area contributed by atoms with E-state index in [1.807, 2.05) is 6.20 Å². The second-order valence-corrected chi connectivity index (χ2v) is 6.16. The summed E-state index contributed by atoms with van der Waals surface area (Å²) < 4.78 is 11.7. The van der Waals surface area contributed by atoms with Gasteiger partial charge in [-0.25, -0.2) is 4.79 Å². The molecular formula is C17H19N3O5. The van der Waals surface area contributed by atoms with Crippen LogP contribution in [0, 0.1) is 12.8 Å². The minimum Gasteiger partial charge on any atom is -0.463 e. The number of methoxy groups -OCH3 is 1. The van der Waals surface area contributed by atoms with Crippen LogP contribution < -0.4 is 0 Å². The molecule has 3 rings (SSSR count). The van der Waals surface area contributed by atoms with Gasteiger partial charge in [-0.15, -0.1) is 0 Å². The van der Waals surface area contributed by atoms with Crippen LogP contribution in [0.3, 0.4) is 0 Å². The molecule has 1 saturated heterocycles. The normalized spacial score (nSPS) is 17.4. The molecule has 0 aromatic carbocycles. The van der Waals surface area contributed by atoms with E-state index in [9.17, 15) is 14.4 Å². The average molecular weight is 345 g/mol. The van der Waals surface area contributed by atoms with Crippen molar-refractivity contribution in [3.8, 4) is 0 Å². The maximum Gasteiger partial charge on any atom is 0.374 e. The van der Waals surface area contributed by atoms with E-state index in [2.05, 4.69) is 9.84 Å². The Morgan fingerprint density at radius 1 is 1.44 bits per heavy atom. The first-order chi connectivity index (χ1) is 11.9. The lowest BCUT2D eigenvalue weighted by molar-refractivity contribution is -0.140. The molecule has 132 valence electrons. The molecule has 2 aromatic heterocycles. The average Bonchev–Trinajstić information content (AvgIpc) is 3.22. The molecule has 1 aliphatic heterocycles. The third kappa shape index (κ3) is 3.33. The van der Waals surface area contributed by atoms with Crippen LogP contribution in [-0.2, 0) is 34.3 Å². The van der Waals surface area contributed by atoms with Gasteiger partial charge in [0, 0.05) is 25.2 Å². The van der Waals surface area contributed by atoms with Crippen LogP contribution in [0.4, 0.5) is 0 Å². The predicted octanol–water partition coefficient (Wildman–Crippen LogP) is 1.23. The fourth-order valence-electron chi connectivity index (χ4n) is 3.02. The molecule has 2 aromatic rings. The summed E-state index contributed by atoms with van der Waals surface area (Å²) in [5.41, 5.74) is 1.52. The number of hydrogen-bond donors (Lipinski definition) is 0. The zero-order valence-corrected chi connectivity index (χ0v) is 14.3. The summed E-state index contributed by atoms with van der Waals surface area (Å²) in [6.07, 6.45) is 4.16. The van der Waals surface area contributed by atoms with Gasteiger partial charge >= 0.3 is 5.97 Å². The fourth-order valence-corrected chi connectivity index (χ4v) is 3.02. The van der Waals surface area contributed by atoms with Crippen molar-refractivity contribution < 1.29 is 23.5 Å². The van der Waals surface area contributed by atoms with Gasteiger partial charge in [0.05, 0.1) is 25.8 Å². The Bertz CT molecular complexity index is 835. The highest BCUT2D eigenvalue weighted by atomic mass is 16.5. The summed E-state index contributed by atoms with van der Waals surface area (Å²) in [5, 5.41) is 4.07. The van der Waals surface area contributed by atoms with Crippen LogP contribution in [0.2, 0.25) is 0 Å². The first-order valence-corrected chi connectivity index (χ1v) is 7.88. The van der Waals surface area contributed by atoms with Gasteiger partial charge in [0.1, 0.15) is 5.76 Å². The lowest BCUT2D eigenvalue weighted by Gasteiger charge is -2.13. The van der Waals surface area contributed by atoms with Gasteiger partial charge in [-0.1, -0.05) is 0 Å². The molecule has 0 radical (unpaired) electrons. The Hall–Kier alpha value is -2.90. The minimum atomic E-state index is -0.586. The zero-order valence-electron chi connectivity index (χ0n) is 14.3. The maximum absolute atomic E-state index is 12.6. The molecule has 0 saturated carbocycles. The highest BCUT2D eigenvalue weighted by Crippen LogP contribution is 2.26. The second-order valence-electron chi connectivity index (χ2n) is 6.16. The molecule has 2 amide bonds. The van der Waals surface area contributed by atoms with Gasteiger partial charge < -0.3 is 9.15 Å². The van der Waals surface area contributed by atoms with Gasteiger partial charge in [-0.2, -0.15) is 5.10 Å². The van der Waals surface area contributed by atoms with Gasteiger partial charge in [0.2, 0.25) is 17.6 Å². The Labute approximate surface area is 144 Å². The van der Waals surface area contributed by atoms with Gasteiger partial charge in [0.25, 0.3) is 0 Å². The van der Waals surface area contributed by atoms with Crippen molar-refractivity contribution in [2.45, 2.75) is 26.3 Å². The molecule has 25 heavy (non-hydrogen) atoms. The molecule has 1 fully saturated rings. The Morgan fingerprint density at radius 2 is 2.20 bits per heavy atom. The summed E-state index contributed by atoms with van der Waals surface area (Å²) in [7, 11) is 3.07. The van der Waals surface area contributed by atoms with Crippen LogP contribution in [0.5, 0.6) is 0 Å². The third-order valence-corrected chi connectivity index (χ3v) is 4.23. The van der Waals surface area contributed by atoms with Crippen LogP contribution in [0.25, 0.3) is 0 Å². The molecule has 8 heteroatoms. The number of imide groups is 1. The number of rotatable bonds is 5. The largest absolute Gasteiger partial charge is 0.463 e. The van der Waals surface area contributed by atoms with E-state index in [0.717, 1.165) is 5.56 Å². The lowest BCUT2D eigenvalue weighted by atomic mass is 10.0. The van der Waals surface area contributed by atoms with Crippen molar-refractivity contribution in [3.63, 3.8) is 0 Å². The number of carbonyl (C=O) groups excluding carboxylic acids is 3. The molecule has 0 N–H and O–H groups in total. The summed E-state index contributed by atoms with van der Waals surface area (Å²) in [5.74, 6) is -0.995. The molecular weight excluding hydrogens is 326 g/mol. The Morgan fingerprint density at radius 3 is 2.84 bits per heavy atom. The molecule has 1 aliphatic rings. The van der Waals surface area contributed by atoms with Crippen LogP contribution in [-0.4, -0.2) is 39.6 Å². The zero-order chi connectivity index (χ0) is 18.1. The fraction of sp³-hybridized carbons (Fsp3) is 0.412. The van der Waals surface area contributed by atoms with Gasteiger partial charge in [0.15, 0.2) is 0 Å². The van der Waals surface area contributed by atoms with E-state index in [1.54, 1.807) is 30.9 Å². The summed E-state index contributed by atoms with van der Waals surface area (Å²) in [6.45, 7) is 1.72. The number of ether oxygens (including phenoxy) is 1. The number of aromatic nitrogens is 2. The van der Waals surface area contributed by atoms with Crippen molar-refractivity contribution >= 4 is 17.8 Å². The number of amides is 2. The number of likely N-dealkylation sites (tertiary alicyclic amines) is 1. The van der Waals surface area contributed by atoms with E-state index in [1.165, 1.54) is 12.0 Å². The SMILES string of the molecule is COC(=O)c1oc(CN2C(=O)C[C@@H](Cc3cnn(C)c3)C2=O)cc1C. The van der Waals surface area contributed by atoms with Crippen molar-refractivity contribution in [2.24, 2.45) is 13.0 Å². The molecule has 8 nitrogen and oxygen atoms in total. The molecule has 3 heterocycles. The maximum atomic E-state index is 12.6. The number of aryl methyl sites for hydroxylation is 2. The first kappa shape index (κ1) is 16.9. The van der Waals surface area contributed by atoms with Crippen molar-refractivity contribution in [2.75, 3.05) is 7.11 Å². The molecule has 0 spiro atoms. The van der Waals surface area contributed by atoms with Crippen LogP contribution >= 0.6 is 0 Å². The molecule has 1 atom stereocenters. The Kier molecular flexibility index (Phi) is 4.43. The highest BCUT2D eigenvalue weighted by molar-refractivity contribution is 6.03. The molecule has 0 unspecified atom stereocenters. The highest BCUT2D eigenvalue weighted by Gasteiger charge is 2.39. The number of hydrogen-bond acceptors (Lipinski definition) is 6. The van der Waals surface area contributed by atoms with E-state index in [0.29, 0.717) is 17.7 Å². The summed E-state index contributed by atoms with van der Waals surface area (Å²) >= 11 is 0. The summed E-state index contributed by atoms with van der Waals surface area (Å²) in [4.78, 5) is 37.6. The van der Waals surface area contributed by atoms with Crippen LogP contribution in [0.1, 0.15) is 33.9 Å². The third-order valence-electron chi connectivity index (χ3n) is 4.23. The van der Waals surface area contributed by atoms with Crippen molar-refractivity contribution in [1.82, 2.24) is 14.7 Å². The van der Waals surface area contributed by atoms with Gasteiger partial charge in [-0.05, 0) is 25.0 Å². The number of carbonyl (C=O) groups is 3. The molecule has 0 aliphatic carbocycles.